The number of para-hydroxylation sites is 2. The number of terminal acetylenes is 1. The van der Waals surface area contributed by atoms with Gasteiger partial charge < -0.3 is 10.2 Å². The van der Waals surface area contributed by atoms with Gasteiger partial charge in [0.2, 0.25) is 5.91 Å². The minimum absolute atomic E-state index is 0.0787. The zero-order chi connectivity index (χ0) is 19.8. The molecule has 0 saturated heterocycles. The van der Waals surface area contributed by atoms with E-state index in [0.29, 0.717) is 23.7 Å². The van der Waals surface area contributed by atoms with Crippen LogP contribution in [-0.4, -0.2) is 28.3 Å². The molecular weight excluding hydrogens is 366 g/mol. The van der Waals surface area contributed by atoms with E-state index in [9.17, 15) is 14.9 Å². The van der Waals surface area contributed by atoms with Crippen LogP contribution in [0.15, 0.2) is 48.5 Å². The molecule has 0 spiro atoms. The van der Waals surface area contributed by atoms with Gasteiger partial charge in [0.25, 0.3) is 5.69 Å². The Morgan fingerprint density at radius 2 is 1.96 bits per heavy atom. The summed E-state index contributed by atoms with van der Waals surface area (Å²) in [4.78, 5) is 25.3. The number of rotatable bonds is 8. The Kier molecular flexibility index (Phi) is 7.21. The Hall–Kier alpha value is -3.04. The topological polar surface area (TPSA) is 75.5 Å². The Morgan fingerprint density at radius 3 is 2.56 bits per heavy atom. The Morgan fingerprint density at radius 1 is 1.30 bits per heavy atom. The van der Waals surface area contributed by atoms with Crippen LogP contribution in [0.4, 0.5) is 11.4 Å². The molecule has 1 unspecified atom stereocenters. The quantitative estimate of drug-likeness (QED) is 0.421. The molecule has 0 saturated carbocycles. The van der Waals surface area contributed by atoms with E-state index < -0.39 is 11.0 Å². The molecule has 0 fully saturated rings. The average Bonchev–Trinajstić information content (AvgIpc) is 2.67. The number of carbonyl (C=O) groups is 1. The van der Waals surface area contributed by atoms with Gasteiger partial charge in [-0.2, -0.15) is 0 Å². The second-order valence-corrected chi connectivity index (χ2v) is 6.34. The first-order valence-electron chi connectivity index (χ1n) is 8.43. The lowest BCUT2D eigenvalue weighted by molar-refractivity contribution is -0.384. The summed E-state index contributed by atoms with van der Waals surface area (Å²) in [5.41, 5.74) is 1.11. The third-order valence-corrected chi connectivity index (χ3v) is 4.27. The number of hydrogen-bond acceptors (Lipinski definition) is 4. The second kappa shape index (κ2) is 9.60. The zero-order valence-corrected chi connectivity index (χ0v) is 15.6. The summed E-state index contributed by atoms with van der Waals surface area (Å²) < 4.78 is 0. The number of hydrogen-bond donors (Lipinski definition) is 1. The highest BCUT2D eigenvalue weighted by molar-refractivity contribution is 6.30. The van der Waals surface area contributed by atoms with Crippen LogP contribution < -0.4 is 5.32 Å². The molecule has 7 heteroatoms. The smallest absolute Gasteiger partial charge is 0.292 e. The van der Waals surface area contributed by atoms with E-state index in [-0.39, 0.29) is 18.1 Å². The number of carbonyl (C=O) groups excluding carboxylic acids is 1. The molecule has 6 nitrogen and oxygen atoms in total. The molecule has 2 rings (SSSR count). The monoisotopic (exact) mass is 385 g/mol. The normalized spacial score (nSPS) is 11.3. The SMILES string of the molecule is C#CCN(Cc1ccc(Cl)cc1)C(=O)C(CC)Nc1ccccc1[N+](=O)[O-]. The molecule has 2 aromatic rings. The van der Waals surface area contributed by atoms with Gasteiger partial charge in [0.05, 0.1) is 11.5 Å². The molecule has 0 heterocycles. The molecule has 0 aliphatic carbocycles. The van der Waals surface area contributed by atoms with Crippen molar-refractivity contribution in [3.8, 4) is 12.3 Å². The van der Waals surface area contributed by atoms with Crippen molar-refractivity contribution in [1.82, 2.24) is 4.90 Å². The molecule has 27 heavy (non-hydrogen) atoms. The van der Waals surface area contributed by atoms with Gasteiger partial charge in [-0.3, -0.25) is 14.9 Å². The molecule has 0 radical (unpaired) electrons. The molecule has 1 amide bonds. The van der Waals surface area contributed by atoms with Gasteiger partial charge in [0, 0.05) is 17.6 Å². The van der Waals surface area contributed by atoms with Crippen molar-refractivity contribution >= 4 is 28.9 Å². The zero-order valence-electron chi connectivity index (χ0n) is 14.9. The maximum Gasteiger partial charge on any atom is 0.292 e. The van der Waals surface area contributed by atoms with Crippen molar-refractivity contribution in [2.45, 2.75) is 25.9 Å². The minimum Gasteiger partial charge on any atom is -0.368 e. The number of amides is 1. The van der Waals surface area contributed by atoms with Crippen molar-refractivity contribution in [2.75, 3.05) is 11.9 Å². The van der Waals surface area contributed by atoms with Crippen LogP contribution in [0.5, 0.6) is 0 Å². The van der Waals surface area contributed by atoms with Crippen LogP contribution in [0.3, 0.4) is 0 Å². The fourth-order valence-corrected chi connectivity index (χ4v) is 2.76. The number of benzene rings is 2. The van der Waals surface area contributed by atoms with Crippen LogP contribution in [0.1, 0.15) is 18.9 Å². The lowest BCUT2D eigenvalue weighted by atomic mass is 10.1. The Bertz CT molecular complexity index is 846. The fraction of sp³-hybridized carbons (Fsp3) is 0.250. The van der Waals surface area contributed by atoms with E-state index in [1.54, 1.807) is 35.2 Å². The van der Waals surface area contributed by atoms with Crippen LogP contribution in [0.2, 0.25) is 5.02 Å². The van der Waals surface area contributed by atoms with E-state index in [4.69, 9.17) is 18.0 Å². The molecule has 1 atom stereocenters. The van der Waals surface area contributed by atoms with E-state index in [1.807, 2.05) is 19.1 Å². The van der Waals surface area contributed by atoms with Gasteiger partial charge in [-0.05, 0) is 30.2 Å². The molecule has 0 bridgehead atoms. The first kappa shape index (κ1) is 20.3. The second-order valence-electron chi connectivity index (χ2n) is 5.90. The Labute approximate surface area is 163 Å². The molecule has 0 aromatic heterocycles. The molecule has 0 aliphatic rings. The first-order chi connectivity index (χ1) is 13.0. The fourth-order valence-electron chi connectivity index (χ4n) is 2.63. The van der Waals surface area contributed by atoms with E-state index in [2.05, 4.69) is 11.2 Å². The summed E-state index contributed by atoms with van der Waals surface area (Å²) in [5, 5.41) is 14.8. The summed E-state index contributed by atoms with van der Waals surface area (Å²) in [6.07, 6.45) is 5.88. The Balaban J connectivity index is 2.20. The lowest BCUT2D eigenvalue weighted by Crippen LogP contribution is -2.42. The number of nitro groups is 1. The summed E-state index contributed by atoms with van der Waals surface area (Å²) in [6.45, 7) is 2.30. The predicted octanol–water partition coefficient (Wildman–Crippen LogP) is 4.10. The van der Waals surface area contributed by atoms with E-state index >= 15 is 0 Å². The minimum atomic E-state index is -0.633. The maximum atomic E-state index is 13.0. The number of nitrogens with one attached hydrogen (secondary N) is 1. The highest BCUT2D eigenvalue weighted by Crippen LogP contribution is 2.25. The van der Waals surface area contributed by atoms with Gasteiger partial charge in [0.15, 0.2) is 0 Å². The summed E-state index contributed by atoms with van der Waals surface area (Å²) in [7, 11) is 0. The predicted molar refractivity (Wildman–Crippen MR) is 107 cm³/mol. The van der Waals surface area contributed by atoms with Gasteiger partial charge in [-0.25, -0.2) is 0 Å². The van der Waals surface area contributed by atoms with E-state index in [1.165, 1.54) is 6.07 Å². The highest BCUT2D eigenvalue weighted by atomic mass is 35.5. The number of halogens is 1. The molecule has 2 aromatic carbocycles. The van der Waals surface area contributed by atoms with Crippen LogP contribution in [-0.2, 0) is 11.3 Å². The summed E-state index contributed by atoms with van der Waals surface area (Å²) >= 11 is 5.90. The van der Waals surface area contributed by atoms with Gasteiger partial charge in [-0.1, -0.05) is 48.7 Å². The third kappa shape index (κ3) is 5.47. The van der Waals surface area contributed by atoms with Crippen molar-refractivity contribution < 1.29 is 9.72 Å². The van der Waals surface area contributed by atoms with E-state index in [0.717, 1.165) is 5.56 Å². The number of nitro benzene ring substituents is 1. The first-order valence-corrected chi connectivity index (χ1v) is 8.80. The van der Waals surface area contributed by atoms with Gasteiger partial charge in [0.1, 0.15) is 11.7 Å². The van der Waals surface area contributed by atoms with Crippen molar-refractivity contribution in [3.05, 3.63) is 69.2 Å². The van der Waals surface area contributed by atoms with Crippen LogP contribution >= 0.6 is 11.6 Å². The van der Waals surface area contributed by atoms with Crippen LogP contribution in [0.25, 0.3) is 0 Å². The summed E-state index contributed by atoms with van der Waals surface area (Å²) in [6, 6.07) is 12.8. The van der Waals surface area contributed by atoms with Crippen molar-refractivity contribution in [1.29, 1.82) is 0 Å². The molecule has 140 valence electrons. The third-order valence-electron chi connectivity index (χ3n) is 4.02. The average molecular weight is 386 g/mol. The van der Waals surface area contributed by atoms with Crippen molar-refractivity contribution in [3.63, 3.8) is 0 Å². The number of nitrogens with zero attached hydrogens (tertiary/aromatic N) is 2. The summed E-state index contributed by atoms with van der Waals surface area (Å²) in [5.74, 6) is 2.28. The van der Waals surface area contributed by atoms with Crippen LogP contribution in [0, 0.1) is 22.5 Å². The highest BCUT2D eigenvalue weighted by Gasteiger charge is 2.25. The standard InChI is InChI=1S/C20H20ClN3O3/c1-3-13-23(14-15-9-11-16(21)12-10-15)20(25)17(4-2)22-18-7-5-6-8-19(18)24(26)27/h1,5-12,17,22H,4,13-14H2,2H3. The largest absolute Gasteiger partial charge is 0.368 e. The lowest BCUT2D eigenvalue weighted by Gasteiger charge is -2.26. The number of anilines is 1. The van der Waals surface area contributed by atoms with Crippen molar-refractivity contribution in [2.24, 2.45) is 0 Å². The molecule has 1 N–H and O–H groups in total. The van der Waals surface area contributed by atoms with Gasteiger partial charge >= 0.3 is 0 Å². The van der Waals surface area contributed by atoms with Gasteiger partial charge in [-0.15, -0.1) is 6.42 Å². The molecule has 0 aliphatic heterocycles. The molecular formula is C20H20ClN3O3. The maximum absolute atomic E-state index is 13.0.